The Kier molecular flexibility index (Phi) is 8.75. The van der Waals surface area contributed by atoms with Crippen LogP contribution in [0.1, 0.15) is 23.6 Å². The third kappa shape index (κ3) is 6.63. The number of hydrogen-bond acceptors (Lipinski definition) is 5. The van der Waals surface area contributed by atoms with Crippen molar-refractivity contribution in [2.45, 2.75) is 33.3 Å². The van der Waals surface area contributed by atoms with Crippen molar-refractivity contribution in [3.63, 3.8) is 0 Å². The van der Waals surface area contributed by atoms with Gasteiger partial charge >= 0.3 is 5.97 Å². The van der Waals surface area contributed by atoms with Crippen molar-refractivity contribution in [1.29, 1.82) is 0 Å². The first-order valence-electron chi connectivity index (χ1n) is 10.8. The van der Waals surface area contributed by atoms with Crippen LogP contribution in [0.5, 0.6) is 17.2 Å². The van der Waals surface area contributed by atoms with Crippen LogP contribution in [-0.4, -0.2) is 27.0 Å². The molecule has 0 aliphatic carbocycles. The van der Waals surface area contributed by atoms with E-state index in [-0.39, 0.29) is 12.4 Å². The summed E-state index contributed by atoms with van der Waals surface area (Å²) in [6.07, 6.45) is 0.184. The molecule has 0 heterocycles. The minimum atomic E-state index is -0.266. The minimum Gasteiger partial charge on any atom is -0.493 e. The molecule has 5 nitrogen and oxygen atoms in total. The largest absolute Gasteiger partial charge is 0.493 e. The van der Waals surface area contributed by atoms with Gasteiger partial charge in [-0.1, -0.05) is 60.8 Å². The van der Waals surface area contributed by atoms with E-state index in [9.17, 15) is 4.79 Å². The zero-order valence-electron chi connectivity index (χ0n) is 18.9. The Morgan fingerprint density at radius 2 is 1.69 bits per heavy atom. The Balaban J connectivity index is 1.80. The fraction of sp³-hybridized carbons (Fsp3) is 0.269. The number of benzene rings is 3. The summed E-state index contributed by atoms with van der Waals surface area (Å²) in [7, 11) is 3.66. The van der Waals surface area contributed by atoms with Crippen LogP contribution in [0, 0.1) is 0 Å². The Labute approximate surface area is 191 Å². The number of carbonyl (C=O) groups is 1. The molecule has 0 aliphatic heterocycles. The van der Waals surface area contributed by atoms with E-state index in [1.165, 1.54) is 5.56 Å². The fourth-order valence-electron chi connectivity index (χ4n) is 3.36. The molecule has 0 atom stereocenters. The van der Waals surface area contributed by atoms with Crippen LogP contribution in [0.15, 0.2) is 66.7 Å². The summed E-state index contributed by atoms with van der Waals surface area (Å²) < 4.78 is 16.8. The second kappa shape index (κ2) is 12.0. The predicted octanol–water partition coefficient (Wildman–Crippen LogP) is 4.26. The van der Waals surface area contributed by atoms with E-state index < -0.39 is 0 Å². The molecule has 165 valence electrons. The van der Waals surface area contributed by atoms with Gasteiger partial charge in [0.05, 0.1) is 20.1 Å². The first-order chi connectivity index (χ1) is 15.6. The molecule has 6 heteroatoms. The SMILES string of the molecule is C[B]c1ccc(Oc2cc(CC(=O)OCC)ccc2OC)c(CNCc2ccccc2)c1. The van der Waals surface area contributed by atoms with Crippen molar-refractivity contribution in [3.8, 4) is 17.2 Å². The highest BCUT2D eigenvalue weighted by molar-refractivity contribution is 6.51. The van der Waals surface area contributed by atoms with Gasteiger partial charge in [-0.05, 0) is 36.2 Å². The summed E-state index contributed by atoms with van der Waals surface area (Å²) in [4.78, 5) is 11.9. The van der Waals surface area contributed by atoms with Gasteiger partial charge < -0.3 is 19.5 Å². The molecule has 3 rings (SSSR count). The Morgan fingerprint density at radius 3 is 2.41 bits per heavy atom. The summed E-state index contributed by atoms with van der Waals surface area (Å²) in [6.45, 7) is 5.58. The first kappa shape index (κ1) is 23.4. The molecule has 1 radical (unpaired) electrons. The van der Waals surface area contributed by atoms with Gasteiger partial charge in [-0.25, -0.2) is 0 Å². The number of esters is 1. The smallest absolute Gasteiger partial charge is 0.310 e. The zero-order valence-corrected chi connectivity index (χ0v) is 18.9. The van der Waals surface area contributed by atoms with Crippen LogP contribution in [-0.2, 0) is 29.0 Å². The predicted molar refractivity (Wildman–Crippen MR) is 128 cm³/mol. The summed E-state index contributed by atoms with van der Waals surface area (Å²) in [5.41, 5.74) is 4.19. The number of hydrogen-bond donors (Lipinski definition) is 1. The summed E-state index contributed by atoms with van der Waals surface area (Å²) in [6, 6.07) is 21.9. The molecule has 0 amide bonds. The molecule has 0 bridgehead atoms. The highest BCUT2D eigenvalue weighted by Gasteiger charge is 2.13. The van der Waals surface area contributed by atoms with Gasteiger partial charge in [0.1, 0.15) is 13.0 Å². The van der Waals surface area contributed by atoms with E-state index in [4.69, 9.17) is 14.2 Å². The molecule has 0 fully saturated rings. The van der Waals surface area contributed by atoms with Crippen LogP contribution in [0.2, 0.25) is 6.82 Å². The van der Waals surface area contributed by atoms with Crippen LogP contribution in [0.25, 0.3) is 0 Å². The van der Waals surface area contributed by atoms with E-state index in [0.29, 0.717) is 24.7 Å². The lowest BCUT2D eigenvalue weighted by molar-refractivity contribution is -0.142. The monoisotopic (exact) mass is 430 g/mol. The van der Waals surface area contributed by atoms with E-state index in [1.54, 1.807) is 14.0 Å². The standard InChI is InChI=1S/C26H29BNO4/c1-4-31-26(29)15-20-10-12-24(30-3)25(14-20)32-23-13-11-22(27-2)16-21(23)18-28-17-19-8-6-5-7-9-19/h5-14,16,28H,4,15,17-18H2,1-3H3. The van der Waals surface area contributed by atoms with Crippen molar-refractivity contribution in [2.24, 2.45) is 0 Å². The second-order valence-electron chi connectivity index (χ2n) is 7.31. The van der Waals surface area contributed by atoms with Gasteiger partial charge in [0, 0.05) is 18.7 Å². The second-order valence-corrected chi connectivity index (χ2v) is 7.31. The van der Waals surface area contributed by atoms with Crippen molar-refractivity contribution in [1.82, 2.24) is 5.32 Å². The number of ether oxygens (including phenoxy) is 3. The van der Waals surface area contributed by atoms with Gasteiger partial charge in [-0.3, -0.25) is 4.79 Å². The van der Waals surface area contributed by atoms with E-state index in [2.05, 4.69) is 30.8 Å². The Morgan fingerprint density at radius 1 is 0.906 bits per heavy atom. The summed E-state index contributed by atoms with van der Waals surface area (Å²) in [5, 5.41) is 3.49. The number of rotatable bonds is 11. The molecular weight excluding hydrogens is 401 g/mol. The van der Waals surface area contributed by atoms with E-state index in [0.717, 1.165) is 28.9 Å². The highest BCUT2D eigenvalue weighted by atomic mass is 16.5. The summed E-state index contributed by atoms with van der Waals surface area (Å²) >= 11 is 0. The number of methoxy groups -OCH3 is 1. The quantitative estimate of drug-likeness (QED) is 0.364. The van der Waals surface area contributed by atoms with Crippen LogP contribution < -0.4 is 20.3 Å². The van der Waals surface area contributed by atoms with Gasteiger partial charge in [0.15, 0.2) is 11.5 Å². The van der Waals surface area contributed by atoms with Crippen LogP contribution in [0.3, 0.4) is 0 Å². The average molecular weight is 430 g/mol. The number of nitrogens with one attached hydrogen (secondary N) is 1. The summed E-state index contributed by atoms with van der Waals surface area (Å²) in [5.74, 6) is 1.64. The normalized spacial score (nSPS) is 10.5. The fourth-order valence-corrected chi connectivity index (χ4v) is 3.36. The first-order valence-corrected chi connectivity index (χ1v) is 10.8. The van der Waals surface area contributed by atoms with Gasteiger partial charge in [0.2, 0.25) is 0 Å². The third-order valence-corrected chi connectivity index (χ3v) is 5.01. The van der Waals surface area contributed by atoms with Gasteiger partial charge in [0.25, 0.3) is 0 Å². The van der Waals surface area contributed by atoms with Crippen LogP contribution >= 0.6 is 0 Å². The molecule has 0 aliphatic rings. The molecule has 0 aromatic heterocycles. The molecule has 0 unspecified atom stereocenters. The molecule has 32 heavy (non-hydrogen) atoms. The maximum absolute atomic E-state index is 11.9. The third-order valence-electron chi connectivity index (χ3n) is 5.01. The van der Waals surface area contributed by atoms with Gasteiger partial charge in [-0.15, -0.1) is 0 Å². The van der Waals surface area contributed by atoms with Crippen molar-refractivity contribution < 1.29 is 19.0 Å². The molecular formula is C26H29BNO4. The van der Waals surface area contributed by atoms with Crippen molar-refractivity contribution in [2.75, 3.05) is 13.7 Å². The Hall–Kier alpha value is -3.25. The molecule has 0 spiro atoms. The highest BCUT2D eigenvalue weighted by Crippen LogP contribution is 2.34. The van der Waals surface area contributed by atoms with Gasteiger partial charge in [-0.2, -0.15) is 0 Å². The average Bonchev–Trinajstić information content (AvgIpc) is 2.81. The molecule has 3 aromatic carbocycles. The molecule has 1 N–H and O–H groups in total. The lowest BCUT2D eigenvalue weighted by Crippen LogP contribution is -2.17. The van der Waals surface area contributed by atoms with Crippen molar-refractivity contribution in [3.05, 3.63) is 83.4 Å². The lowest BCUT2D eigenvalue weighted by Gasteiger charge is -2.16. The van der Waals surface area contributed by atoms with Crippen molar-refractivity contribution >= 4 is 18.7 Å². The lowest BCUT2D eigenvalue weighted by atomic mass is 9.73. The minimum absolute atomic E-state index is 0.184. The maximum Gasteiger partial charge on any atom is 0.310 e. The molecule has 0 saturated heterocycles. The number of carbonyl (C=O) groups excluding carboxylic acids is 1. The topological polar surface area (TPSA) is 56.8 Å². The van der Waals surface area contributed by atoms with E-state index >= 15 is 0 Å². The Bertz CT molecular complexity index is 1020. The maximum atomic E-state index is 11.9. The zero-order chi connectivity index (χ0) is 22.8. The van der Waals surface area contributed by atoms with E-state index in [1.807, 2.05) is 55.4 Å². The van der Waals surface area contributed by atoms with Crippen LogP contribution in [0.4, 0.5) is 0 Å². The molecule has 0 saturated carbocycles. The molecule has 3 aromatic rings.